The van der Waals surface area contributed by atoms with E-state index >= 15 is 0 Å². The second kappa shape index (κ2) is 8.99. The number of halogens is 2. The predicted octanol–water partition coefficient (Wildman–Crippen LogP) is 4.78. The third-order valence-electron chi connectivity index (χ3n) is 1.57. The van der Waals surface area contributed by atoms with Gasteiger partial charge in [-0.1, -0.05) is 5.54 Å². The average Bonchev–Trinajstić information content (AvgIpc) is 2.79. The largest absolute Gasteiger partial charge is 0.747 e. The molecule has 0 heterocycles. The third kappa shape index (κ3) is 6.75. The molecule has 15 heavy (non-hydrogen) atoms. The smallest absolute Gasteiger partial charge is 0 e. The van der Waals surface area contributed by atoms with Gasteiger partial charge in [-0.15, -0.1) is 23.8 Å². The van der Waals surface area contributed by atoms with Gasteiger partial charge in [0.2, 0.25) is 0 Å². The standard InChI is InChI=1S/C7H6Cl.C5H4Br.Fe/c8-6-5-7-3-1-2-4-7;6-5-3-1-2-4-5;/h1-6H;1-4H;/q-1;-5;. The predicted molar refractivity (Wildman–Crippen MR) is 66.7 cm³/mol. The summed E-state index contributed by atoms with van der Waals surface area (Å²) in [6, 6.07) is 15.9. The van der Waals surface area contributed by atoms with Crippen LogP contribution in [-0.2, 0) is 17.1 Å². The minimum atomic E-state index is 0. The summed E-state index contributed by atoms with van der Waals surface area (Å²) in [5.74, 6) is 0. The molecule has 0 aliphatic carbocycles. The SMILES string of the molecule is Br[c-]1[cH-][cH-][cH-][cH-]1.ClC=C[c-]1cccc1.[Fe]. The molecule has 0 spiro atoms. The van der Waals surface area contributed by atoms with E-state index in [0.29, 0.717) is 0 Å². The van der Waals surface area contributed by atoms with Gasteiger partial charge >= 0.3 is 0 Å². The maximum atomic E-state index is 5.31. The molecular weight excluding hydrogens is 315 g/mol. The molecule has 0 N–H and O–H groups in total. The van der Waals surface area contributed by atoms with E-state index in [2.05, 4.69) is 15.9 Å². The van der Waals surface area contributed by atoms with E-state index < -0.39 is 0 Å². The molecule has 2 aromatic rings. The van der Waals surface area contributed by atoms with Gasteiger partial charge in [-0.05, 0) is 0 Å². The Kier molecular flexibility index (Phi) is 8.83. The molecule has 0 aromatic heterocycles. The van der Waals surface area contributed by atoms with Crippen LogP contribution in [0.1, 0.15) is 5.56 Å². The van der Waals surface area contributed by atoms with Gasteiger partial charge < -0.3 is 44.7 Å². The van der Waals surface area contributed by atoms with Crippen LogP contribution in [0.15, 0.2) is 58.5 Å². The molecule has 3 heteroatoms. The Morgan fingerprint density at radius 1 is 1.13 bits per heavy atom. The Labute approximate surface area is 114 Å². The molecule has 0 nitrogen and oxygen atoms in total. The van der Waals surface area contributed by atoms with Crippen molar-refractivity contribution in [2.75, 3.05) is 0 Å². The zero-order valence-electron chi connectivity index (χ0n) is 7.88. The number of rotatable bonds is 1. The van der Waals surface area contributed by atoms with Gasteiger partial charge in [0.25, 0.3) is 0 Å². The van der Waals surface area contributed by atoms with Crippen LogP contribution in [0.2, 0.25) is 0 Å². The average molecular weight is 325 g/mol. The van der Waals surface area contributed by atoms with Crippen LogP contribution < -0.4 is 0 Å². The molecule has 0 aliphatic rings. The Bertz CT molecular complexity index is 349. The van der Waals surface area contributed by atoms with E-state index in [4.69, 9.17) is 11.6 Å². The summed E-state index contributed by atoms with van der Waals surface area (Å²) < 4.78 is 1.16. The Balaban J connectivity index is 0.000000253. The Hall–Kier alpha value is -0.271. The van der Waals surface area contributed by atoms with E-state index in [1.165, 1.54) is 5.54 Å². The molecule has 0 saturated carbocycles. The first kappa shape index (κ1) is 14.7. The molecule has 0 bridgehead atoms. The van der Waals surface area contributed by atoms with Crippen LogP contribution in [0.3, 0.4) is 0 Å². The van der Waals surface area contributed by atoms with Gasteiger partial charge in [0.1, 0.15) is 0 Å². The summed E-state index contributed by atoms with van der Waals surface area (Å²) in [4.78, 5) is 0. The fourth-order valence-electron chi connectivity index (χ4n) is 0.923. The first-order valence-corrected chi connectivity index (χ1v) is 5.41. The first-order chi connectivity index (χ1) is 6.83. The Morgan fingerprint density at radius 2 is 1.67 bits per heavy atom. The zero-order valence-corrected chi connectivity index (χ0v) is 11.3. The molecule has 2 aromatic carbocycles. The van der Waals surface area contributed by atoms with Gasteiger partial charge in [0, 0.05) is 17.1 Å². The number of hydrogen-bond donors (Lipinski definition) is 0. The summed E-state index contributed by atoms with van der Waals surface area (Å²) in [6.07, 6.45) is 1.85. The van der Waals surface area contributed by atoms with E-state index in [9.17, 15) is 0 Å². The Morgan fingerprint density at radius 3 is 2.00 bits per heavy atom. The van der Waals surface area contributed by atoms with E-state index in [1.807, 2.05) is 54.6 Å². The van der Waals surface area contributed by atoms with Crippen molar-refractivity contribution in [2.24, 2.45) is 0 Å². The first-order valence-electron chi connectivity index (χ1n) is 4.18. The van der Waals surface area contributed by atoms with Gasteiger partial charge in [0.15, 0.2) is 0 Å². The molecule has 0 atom stereocenters. The summed E-state index contributed by atoms with van der Waals surface area (Å²) in [5.41, 5.74) is 2.66. The summed E-state index contributed by atoms with van der Waals surface area (Å²) in [6.45, 7) is 0. The van der Waals surface area contributed by atoms with Gasteiger partial charge in [-0.3, -0.25) is 0 Å². The van der Waals surface area contributed by atoms with Crippen molar-refractivity contribution in [3.05, 3.63) is 64.1 Å². The quantitative estimate of drug-likeness (QED) is 0.523. The van der Waals surface area contributed by atoms with Crippen LogP contribution >= 0.6 is 27.5 Å². The minimum Gasteiger partial charge on any atom is -0.747 e. The number of hydrogen-bond acceptors (Lipinski definition) is 0. The van der Waals surface area contributed by atoms with Crippen molar-refractivity contribution in [3.63, 3.8) is 0 Å². The minimum absolute atomic E-state index is 0. The topological polar surface area (TPSA) is 0 Å². The van der Waals surface area contributed by atoms with Crippen molar-refractivity contribution in [1.29, 1.82) is 0 Å². The second-order valence-corrected chi connectivity index (χ2v) is 3.78. The van der Waals surface area contributed by atoms with Gasteiger partial charge in [-0.2, -0.15) is 23.7 Å². The van der Waals surface area contributed by atoms with Crippen LogP contribution in [-0.4, -0.2) is 0 Å². The molecule has 0 saturated heterocycles. The van der Waals surface area contributed by atoms with Crippen molar-refractivity contribution in [2.45, 2.75) is 0 Å². The fourth-order valence-corrected chi connectivity index (χ4v) is 1.37. The second-order valence-electron chi connectivity index (χ2n) is 2.61. The summed E-state index contributed by atoms with van der Waals surface area (Å²) >= 11 is 8.59. The molecule has 0 radical (unpaired) electrons. The maximum Gasteiger partial charge on any atom is 0 e. The summed E-state index contributed by atoms with van der Waals surface area (Å²) in [5, 5.41) is 0. The van der Waals surface area contributed by atoms with Crippen LogP contribution in [0, 0.1) is 0 Å². The molecular formula is C12H10BrClFe-6. The fraction of sp³-hybridized carbons (Fsp3) is 0. The van der Waals surface area contributed by atoms with Gasteiger partial charge in [-0.25, -0.2) is 0 Å². The van der Waals surface area contributed by atoms with Crippen molar-refractivity contribution in [3.8, 4) is 0 Å². The maximum absolute atomic E-state index is 5.31. The van der Waals surface area contributed by atoms with Crippen molar-refractivity contribution < 1.29 is 17.1 Å². The molecule has 0 amide bonds. The zero-order chi connectivity index (χ0) is 10.2. The summed E-state index contributed by atoms with van der Waals surface area (Å²) in [7, 11) is 0. The monoisotopic (exact) mass is 324 g/mol. The van der Waals surface area contributed by atoms with E-state index in [-0.39, 0.29) is 17.1 Å². The van der Waals surface area contributed by atoms with Crippen molar-refractivity contribution >= 4 is 33.6 Å². The molecule has 2 rings (SSSR count). The van der Waals surface area contributed by atoms with Crippen molar-refractivity contribution in [1.82, 2.24) is 0 Å². The van der Waals surface area contributed by atoms with Crippen LogP contribution in [0.5, 0.6) is 0 Å². The van der Waals surface area contributed by atoms with E-state index in [0.717, 1.165) is 10.0 Å². The van der Waals surface area contributed by atoms with Crippen LogP contribution in [0.25, 0.3) is 6.08 Å². The normalized spacial score (nSPS) is 9.20. The van der Waals surface area contributed by atoms with Crippen LogP contribution in [0.4, 0.5) is 0 Å². The third-order valence-corrected chi connectivity index (χ3v) is 2.22. The molecule has 0 fully saturated rings. The molecule has 86 valence electrons. The van der Waals surface area contributed by atoms with Gasteiger partial charge in [0.05, 0.1) is 0 Å². The molecule has 0 aliphatic heterocycles. The van der Waals surface area contributed by atoms with E-state index in [1.54, 1.807) is 0 Å². The molecule has 0 unspecified atom stereocenters.